The van der Waals surface area contributed by atoms with Crippen molar-refractivity contribution in [2.24, 2.45) is 0 Å². The van der Waals surface area contributed by atoms with Gasteiger partial charge in [-0.3, -0.25) is 0 Å². The molecule has 2 aromatic rings. The van der Waals surface area contributed by atoms with E-state index in [1.165, 1.54) is 12.1 Å². The first-order chi connectivity index (χ1) is 9.38. The van der Waals surface area contributed by atoms with Crippen molar-refractivity contribution in [3.63, 3.8) is 0 Å². The van der Waals surface area contributed by atoms with Gasteiger partial charge in [-0.2, -0.15) is 13.2 Å². The molecule has 0 aliphatic rings. The van der Waals surface area contributed by atoms with Gasteiger partial charge in [0.1, 0.15) is 6.61 Å². The number of nitrogens with two attached hydrogens (primary N) is 1. The number of phenolic OH excluding ortho intramolecular Hbond substituents is 1. The van der Waals surface area contributed by atoms with Crippen molar-refractivity contribution in [3.05, 3.63) is 53.6 Å². The molecule has 0 aromatic heterocycles. The zero-order chi connectivity index (χ0) is 14.8. The second kappa shape index (κ2) is 5.32. The van der Waals surface area contributed by atoms with Crippen molar-refractivity contribution in [1.29, 1.82) is 0 Å². The van der Waals surface area contributed by atoms with Crippen molar-refractivity contribution in [2.75, 3.05) is 5.73 Å². The summed E-state index contributed by atoms with van der Waals surface area (Å²) in [4.78, 5) is 0. The van der Waals surface area contributed by atoms with Crippen LogP contribution >= 0.6 is 0 Å². The molecular formula is C14H12F3NO2. The molecule has 0 aliphatic heterocycles. The fourth-order valence-corrected chi connectivity index (χ4v) is 1.64. The van der Waals surface area contributed by atoms with E-state index in [0.717, 1.165) is 12.1 Å². The normalized spacial score (nSPS) is 11.3. The van der Waals surface area contributed by atoms with Crippen LogP contribution in [0, 0.1) is 0 Å². The number of alkyl halides is 3. The minimum Gasteiger partial charge on any atom is -0.504 e. The number of ether oxygens (including phenoxy) is 1. The molecule has 0 fully saturated rings. The maximum Gasteiger partial charge on any atom is 0.416 e. The van der Waals surface area contributed by atoms with Crippen molar-refractivity contribution in [1.82, 2.24) is 0 Å². The first kappa shape index (κ1) is 14.0. The minimum atomic E-state index is -4.43. The van der Waals surface area contributed by atoms with Crippen LogP contribution in [-0.2, 0) is 12.8 Å². The maximum absolute atomic E-state index is 12.5. The molecule has 3 nitrogen and oxygen atoms in total. The highest BCUT2D eigenvalue weighted by Gasteiger charge is 2.30. The smallest absolute Gasteiger partial charge is 0.416 e. The number of para-hydroxylation sites is 2. The summed E-state index contributed by atoms with van der Waals surface area (Å²) in [6.07, 6.45) is -4.43. The van der Waals surface area contributed by atoms with Crippen LogP contribution in [-0.4, -0.2) is 5.11 Å². The fraction of sp³-hybridized carbons (Fsp3) is 0.143. The number of halogens is 3. The number of aromatic hydroxyl groups is 1. The predicted molar refractivity (Wildman–Crippen MR) is 68.3 cm³/mol. The van der Waals surface area contributed by atoms with E-state index >= 15 is 0 Å². The summed E-state index contributed by atoms with van der Waals surface area (Å²) < 4.78 is 42.8. The molecule has 0 atom stereocenters. The number of phenols is 1. The Morgan fingerprint density at radius 3 is 2.40 bits per heavy atom. The Hall–Kier alpha value is -2.37. The van der Waals surface area contributed by atoms with Crippen molar-refractivity contribution < 1.29 is 23.0 Å². The summed E-state index contributed by atoms with van der Waals surface area (Å²) in [5.74, 6) is 0.199. The van der Waals surface area contributed by atoms with E-state index in [0.29, 0.717) is 5.56 Å². The van der Waals surface area contributed by atoms with Gasteiger partial charge in [0.05, 0.1) is 5.56 Å². The van der Waals surface area contributed by atoms with Gasteiger partial charge in [0, 0.05) is 11.3 Å². The summed E-state index contributed by atoms with van der Waals surface area (Å²) in [5.41, 5.74) is 5.19. The molecule has 0 heterocycles. The van der Waals surface area contributed by atoms with Crippen LogP contribution in [0.5, 0.6) is 11.5 Å². The molecule has 106 valence electrons. The summed E-state index contributed by atoms with van der Waals surface area (Å²) in [5, 5.41) is 9.50. The zero-order valence-electron chi connectivity index (χ0n) is 10.3. The van der Waals surface area contributed by atoms with E-state index in [-0.39, 0.29) is 23.8 Å². The Morgan fingerprint density at radius 1 is 1.10 bits per heavy atom. The SMILES string of the molecule is Nc1cc(C(F)(F)F)ccc1COc1ccccc1O. The topological polar surface area (TPSA) is 55.5 Å². The first-order valence-electron chi connectivity index (χ1n) is 5.74. The summed E-state index contributed by atoms with van der Waals surface area (Å²) in [6, 6.07) is 9.38. The maximum atomic E-state index is 12.5. The quantitative estimate of drug-likeness (QED) is 0.847. The molecule has 0 saturated carbocycles. The fourth-order valence-electron chi connectivity index (χ4n) is 1.64. The van der Waals surface area contributed by atoms with Crippen LogP contribution in [0.4, 0.5) is 18.9 Å². The van der Waals surface area contributed by atoms with Gasteiger partial charge in [0.25, 0.3) is 0 Å². The zero-order valence-corrected chi connectivity index (χ0v) is 10.3. The van der Waals surface area contributed by atoms with Gasteiger partial charge in [0.2, 0.25) is 0 Å². The van der Waals surface area contributed by atoms with Crippen LogP contribution in [0.2, 0.25) is 0 Å². The Labute approximate surface area is 113 Å². The number of benzene rings is 2. The summed E-state index contributed by atoms with van der Waals surface area (Å²) >= 11 is 0. The minimum absolute atomic E-state index is 0.00440. The number of anilines is 1. The van der Waals surface area contributed by atoms with Gasteiger partial charge in [-0.25, -0.2) is 0 Å². The van der Waals surface area contributed by atoms with Crippen molar-refractivity contribution in [2.45, 2.75) is 12.8 Å². The number of hydrogen-bond donors (Lipinski definition) is 2. The molecular weight excluding hydrogens is 271 g/mol. The van der Waals surface area contributed by atoms with Gasteiger partial charge < -0.3 is 15.6 Å². The molecule has 0 saturated heterocycles. The third-order valence-corrected chi connectivity index (χ3v) is 2.72. The Kier molecular flexibility index (Phi) is 3.74. The molecule has 0 radical (unpaired) electrons. The van der Waals surface area contributed by atoms with E-state index < -0.39 is 11.7 Å². The van der Waals surface area contributed by atoms with Gasteiger partial charge in [-0.15, -0.1) is 0 Å². The Bertz CT molecular complexity index is 612. The number of hydrogen-bond acceptors (Lipinski definition) is 3. The van der Waals surface area contributed by atoms with Gasteiger partial charge in [-0.1, -0.05) is 18.2 Å². The Balaban J connectivity index is 2.13. The predicted octanol–water partition coefficient (Wildman–Crippen LogP) is 3.57. The Morgan fingerprint density at radius 2 is 1.80 bits per heavy atom. The molecule has 0 aliphatic carbocycles. The van der Waals surface area contributed by atoms with Gasteiger partial charge >= 0.3 is 6.18 Å². The average Bonchev–Trinajstić information content (AvgIpc) is 2.38. The molecule has 6 heteroatoms. The summed E-state index contributed by atoms with van der Waals surface area (Å²) in [6.45, 7) is -0.0262. The lowest BCUT2D eigenvalue weighted by Gasteiger charge is -2.12. The van der Waals surface area contributed by atoms with E-state index in [9.17, 15) is 18.3 Å². The molecule has 2 rings (SSSR count). The highest BCUT2D eigenvalue weighted by molar-refractivity contribution is 5.50. The average molecular weight is 283 g/mol. The third kappa shape index (κ3) is 3.14. The molecule has 0 unspecified atom stereocenters. The largest absolute Gasteiger partial charge is 0.504 e. The molecule has 3 N–H and O–H groups in total. The molecule has 0 bridgehead atoms. The van der Waals surface area contributed by atoms with Crippen LogP contribution in [0.25, 0.3) is 0 Å². The third-order valence-electron chi connectivity index (χ3n) is 2.72. The van der Waals surface area contributed by atoms with Crippen molar-refractivity contribution >= 4 is 5.69 Å². The van der Waals surface area contributed by atoms with E-state index in [1.54, 1.807) is 18.2 Å². The first-order valence-corrected chi connectivity index (χ1v) is 5.74. The van der Waals surface area contributed by atoms with Crippen LogP contribution in [0.1, 0.15) is 11.1 Å². The van der Waals surface area contributed by atoms with E-state index in [2.05, 4.69) is 0 Å². The van der Waals surface area contributed by atoms with Crippen LogP contribution in [0.3, 0.4) is 0 Å². The molecule has 20 heavy (non-hydrogen) atoms. The highest BCUT2D eigenvalue weighted by Crippen LogP contribution is 2.32. The molecule has 2 aromatic carbocycles. The van der Waals surface area contributed by atoms with E-state index in [4.69, 9.17) is 10.5 Å². The second-order valence-electron chi connectivity index (χ2n) is 4.17. The van der Waals surface area contributed by atoms with Crippen LogP contribution < -0.4 is 10.5 Å². The standard InChI is InChI=1S/C14H12F3NO2/c15-14(16,17)10-6-5-9(11(18)7-10)8-20-13-4-2-1-3-12(13)19/h1-7,19H,8,18H2. The van der Waals surface area contributed by atoms with Gasteiger partial charge in [0.15, 0.2) is 11.5 Å². The number of nitrogen functional groups attached to an aromatic ring is 1. The second-order valence-corrected chi connectivity index (χ2v) is 4.17. The summed E-state index contributed by atoms with van der Waals surface area (Å²) in [7, 11) is 0. The molecule has 0 amide bonds. The van der Waals surface area contributed by atoms with E-state index in [1.807, 2.05) is 0 Å². The van der Waals surface area contributed by atoms with Gasteiger partial charge in [-0.05, 0) is 24.3 Å². The highest BCUT2D eigenvalue weighted by atomic mass is 19.4. The lowest BCUT2D eigenvalue weighted by Crippen LogP contribution is -2.07. The van der Waals surface area contributed by atoms with Crippen LogP contribution in [0.15, 0.2) is 42.5 Å². The van der Waals surface area contributed by atoms with Crippen molar-refractivity contribution in [3.8, 4) is 11.5 Å². The lowest BCUT2D eigenvalue weighted by molar-refractivity contribution is -0.137. The number of rotatable bonds is 3. The molecule has 0 spiro atoms. The lowest BCUT2D eigenvalue weighted by atomic mass is 10.1. The monoisotopic (exact) mass is 283 g/mol.